The van der Waals surface area contributed by atoms with Gasteiger partial charge < -0.3 is 9.88 Å². The Labute approximate surface area is 198 Å². The third kappa shape index (κ3) is 4.65. The zero-order chi connectivity index (χ0) is 24.5. The van der Waals surface area contributed by atoms with Crippen LogP contribution < -0.4 is 10.7 Å². The average molecular weight is 475 g/mol. The second kappa shape index (κ2) is 9.27. The number of pyridine rings is 1. The van der Waals surface area contributed by atoms with Gasteiger partial charge in [0, 0.05) is 17.3 Å². The van der Waals surface area contributed by atoms with Crippen molar-refractivity contribution in [1.29, 1.82) is 0 Å². The molecule has 0 fully saturated rings. The van der Waals surface area contributed by atoms with Crippen LogP contribution in [-0.4, -0.2) is 18.9 Å². The van der Waals surface area contributed by atoms with E-state index in [2.05, 4.69) is 5.32 Å². The van der Waals surface area contributed by atoms with E-state index in [0.29, 0.717) is 11.2 Å². The van der Waals surface area contributed by atoms with Gasteiger partial charge in [0.15, 0.2) is 0 Å². The number of nitrogens with one attached hydrogen (secondary N) is 1. The summed E-state index contributed by atoms with van der Waals surface area (Å²) in [4.78, 5) is 25.8. The molecule has 1 N–H and O–H groups in total. The molecule has 3 aromatic carbocycles. The van der Waals surface area contributed by atoms with Gasteiger partial charge in [-0.15, -0.1) is 0 Å². The molecule has 7 heteroatoms. The lowest BCUT2D eigenvalue weighted by Crippen LogP contribution is -2.24. The van der Waals surface area contributed by atoms with E-state index in [0.717, 1.165) is 23.1 Å². The zero-order valence-corrected chi connectivity index (χ0v) is 20.1. The minimum atomic E-state index is -4.09. The highest BCUT2D eigenvalue weighted by Crippen LogP contribution is 2.23. The highest BCUT2D eigenvalue weighted by Gasteiger charge is 2.24. The summed E-state index contributed by atoms with van der Waals surface area (Å²) in [5.41, 5.74) is 3.45. The molecule has 6 nitrogen and oxygen atoms in total. The molecule has 1 aromatic heterocycles. The number of rotatable bonds is 6. The maximum Gasteiger partial charge on any atom is 0.244 e. The van der Waals surface area contributed by atoms with Crippen molar-refractivity contribution in [3.8, 4) is 0 Å². The first kappa shape index (κ1) is 23.4. The standard InChI is InChI=1S/C27H26N2O4S/c1-4-20-8-12-22(13-9-20)34(32,33)25-16-29(24-14-7-19(3)15-23(24)27(25)31)17-26(30)28-21-10-5-18(2)6-11-21/h5-16H,4,17H2,1-3H3,(H,28,30). The number of fused-ring (bicyclic) bond motifs is 1. The quantitative estimate of drug-likeness (QED) is 0.441. The molecule has 1 heterocycles. The molecule has 0 aliphatic heterocycles. The molecule has 174 valence electrons. The SMILES string of the molecule is CCc1ccc(S(=O)(=O)c2cn(CC(=O)Nc3ccc(C)cc3)c3ccc(C)cc3c2=O)cc1. The number of amides is 1. The molecule has 0 unspecified atom stereocenters. The minimum absolute atomic E-state index is 0.0458. The summed E-state index contributed by atoms with van der Waals surface area (Å²) in [5.74, 6) is -0.329. The summed E-state index contributed by atoms with van der Waals surface area (Å²) in [7, 11) is -4.09. The average Bonchev–Trinajstić information content (AvgIpc) is 2.82. The summed E-state index contributed by atoms with van der Waals surface area (Å²) in [6.45, 7) is 5.62. The van der Waals surface area contributed by atoms with Gasteiger partial charge in [0.05, 0.1) is 10.4 Å². The van der Waals surface area contributed by atoms with Gasteiger partial charge in [0.1, 0.15) is 11.4 Å². The Morgan fingerprint density at radius 2 is 1.56 bits per heavy atom. The van der Waals surface area contributed by atoms with Crippen LogP contribution in [0.4, 0.5) is 5.69 Å². The summed E-state index contributed by atoms with van der Waals surface area (Å²) in [6, 6.07) is 19.1. The van der Waals surface area contributed by atoms with Crippen LogP contribution in [0.5, 0.6) is 0 Å². The Morgan fingerprint density at radius 3 is 2.21 bits per heavy atom. The molecule has 0 aliphatic rings. The van der Waals surface area contributed by atoms with Crippen molar-refractivity contribution >= 4 is 32.3 Å². The predicted molar refractivity (Wildman–Crippen MR) is 134 cm³/mol. The number of sulfone groups is 1. The van der Waals surface area contributed by atoms with Gasteiger partial charge in [-0.05, 0) is 62.2 Å². The smallest absolute Gasteiger partial charge is 0.244 e. The van der Waals surface area contributed by atoms with E-state index in [1.807, 2.05) is 39.0 Å². The fourth-order valence-electron chi connectivity index (χ4n) is 3.83. The summed E-state index contributed by atoms with van der Waals surface area (Å²) in [5, 5.41) is 3.08. The van der Waals surface area contributed by atoms with Crippen LogP contribution in [0.2, 0.25) is 0 Å². The Hall–Kier alpha value is -3.71. The number of hydrogen-bond donors (Lipinski definition) is 1. The molecule has 0 aliphatic carbocycles. The van der Waals surface area contributed by atoms with Crippen LogP contribution in [0, 0.1) is 13.8 Å². The van der Waals surface area contributed by atoms with Crippen LogP contribution in [0.15, 0.2) is 87.5 Å². The Kier molecular flexibility index (Phi) is 6.39. The van der Waals surface area contributed by atoms with Crippen molar-refractivity contribution in [2.45, 2.75) is 43.5 Å². The number of nitrogens with zero attached hydrogens (tertiary/aromatic N) is 1. The van der Waals surface area contributed by atoms with Gasteiger partial charge in [0.2, 0.25) is 21.2 Å². The molecular weight excluding hydrogens is 448 g/mol. The first-order valence-corrected chi connectivity index (χ1v) is 12.5. The van der Waals surface area contributed by atoms with Crippen molar-refractivity contribution < 1.29 is 13.2 Å². The summed E-state index contributed by atoms with van der Waals surface area (Å²) < 4.78 is 28.4. The molecule has 4 rings (SSSR count). The van der Waals surface area contributed by atoms with E-state index in [-0.39, 0.29) is 27.6 Å². The fraction of sp³-hybridized carbons (Fsp3) is 0.185. The van der Waals surface area contributed by atoms with E-state index < -0.39 is 15.3 Å². The Morgan fingerprint density at radius 1 is 0.912 bits per heavy atom. The first-order chi connectivity index (χ1) is 16.2. The van der Waals surface area contributed by atoms with Crippen molar-refractivity contribution in [3.05, 3.63) is 99.8 Å². The molecule has 0 spiro atoms. The van der Waals surface area contributed by atoms with Crippen LogP contribution >= 0.6 is 0 Å². The van der Waals surface area contributed by atoms with Crippen molar-refractivity contribution in [2.75, 3.05) is 5.32 Å². The van der Waals surface area contributed by atoms with Gasteiger partial charge in [0.25, 0.3) is 0 Å². The topological polar surface area (TPSA) is 85.2 Å². The first-order valence-electron chi connectivity index (χ1n) is 11.0. The molecular formula is C27H26N2O4S. The second-order valence-electron chi connectivity index (χ2n) is 8.39. The molecule has 0 saturated heterocycles. The molecule has 0 saturated carbocycles. The van der Waals surface area contributed by atoms with Gasteiger partial charge in [-0.2, -0.15) is 0 Å². The van der Waals surface area contributed by atoms with Gasteiger partial charge in [-0.3, -0.25) is 9.59 Å². The van der Waals surface area contributed by atoms with E-state index in [1.165, 1.54) is 22.9 Å². The molecule has 1 amide bonds. The highest BCUT2D eigenvalue weighted by atomic mass is 32.2. The lowest BCUT2D eigenvalue weighted by Gasteiger charge is -2.15. The Balaban J connectivity index is 1.80. The number of benzene rings is 3. The third-order valence-electron chi connectivity index (χ3n) is 5.78. The summed E-state index contributed by atoms with van der Waals surface area (Å²) >= 11 is 0. The molecule has 0 atom stereocenters. The molecule has 0 bridgehead atoms. The van der Waals surface area contributed by atoms with Crippen molar-refractivity contribution in [1.82, 2.24) is 4.57 Å². The number of carbonyl (C=O) groups is 1. The minimum Gasteiger partial charge on any atom is -0.336 e. The van der Waals surface area contributed by atoms with Crippen molar-refractivity contribution in [2.24, 2.45) is 0 Å². The van der Waals surface area contributed by atoms with Crippen LogP contribution in [0.1, 0.15) is 23.6 Å². The number of aryl methyl sites for hydroxylation is 3. The normalized spacial score (nSPS) is 11.5. The lowest BCUT2D eigenvalue weighted by molar-refractivity contribution is -0.116. The van der Waals surface area contributed by atoms with Crippen molar-refractivity contribution in [3.63, 3.8) is 0 Å². The van der Waals surface area contributed by atoms with Gasteiger partial charge in [-0.25, -0.2) is 8.42 Å². The number of anilines is 1. The van der Waals surface area contributed by atoms with Gasteiger partial charge >= 0.3 is 0 Å². The molecule has 0 radical (unpaired) electrons. The van der Waals surface area contributed by atoms with E-state index in [1.54, 1.807) is 36.4 Å². The number of hydrogen-bond acceptors (Lipinski definition) is 4. The largest absolute Gasteiger partial charge is 0.336 e. The second-order valence-corrected chi connectivity index (χ2v) is 10.3. The number of carbonyl (C=O) groups excluding carboxylic acids is 1. The number of aromatic nitrogens is 1. The Bertz CT molecular complexity index is 1540. The fourth-order valence-corrected chi connectivity index (χ4v) is 5.20. The van der Waals surface area contributed by atoms with Crippen LogP contribution in [-0.2, 0) is 27.6 Å². The van der Waals surface area contributed by atoms with E-state index in [4.69, 9.17) is 0 Å². The van der Waals surface area contributed by atoms with Crippen LogP contribution in [0.25, 0.3) is 10.9 Å². The van der Waals surface area contributed by atoms with Gasteiger partial charge in [-0.1, -0.05) is 48.4 Å². The molecule has 34 heavy (non-hydrogen) atoms. The van der Waals surface area contributed by atoms with Crippen LogP contribution in [0.3, 0.4) is 0 Å². The maximum absolute atomic E-state index is 13.4. The zero-order valence-electron chi connectivity index (χ0n) is 19.3. The lowest BCUT2D eigenvalue weighted by atomic mass is 10.1. The third-order valence-corrected chi connectivity index (χ3v) is 7.55. The molecule has 4 aromatic rings. The van der Waals surface area contributed by atoms with E-state index >= 15 is 0 Å². The predicted octanol–water partition coefficient (Wildman–Crippen LogP) is 4.65. The summed E-state index contributed by atoms with van der Waals surface area (Å²) in [6.07, 6.45) is 2.05. The van der Waals surface area contributed by atoms with E-state index in [9.17, 15) is 18.0 Å². The highest BCUT2D eigenvalue weighted by molar-refractivity contribution is 7.91. The monoisotopic (exact) mass is 474 g/mol. The maximum atomic E-state index is 13.4.